The maximum Gasteiger partial charge on any atom is 0.410 e. The van der Waals surface area contributed by atoms with Crippen molar-refractivity contribution in [3.05, 3.63) is 35.9 Å². The van der Waals surface area contributed by atoms with Gasteiger partial charge in [-0.2, -0.15) is 0 Å². The van der Waals surface area contributed by atoms with Crippen LogP contribution in [0.1, 0.15) is 97.0 Å². The van der Waals surface area contributed by atoms with Crippen molar-refractivity contribution in [2.75, 3.05) is 7.05 Å². The Balaban J connectivity index is 0.000000308. The fourth-order valence-electron chi connectivity index (χ4n) is 4.75. The molecule has 0 spiro atoms. The first-order valence-electron chi connectivity index (χ1n) is 13.7. The molecule has 1 atom stereocenters. The van der Waals surface area contributed by atoms with E-state index in [1.54, 1.807) is 45.0 Å². The van der Waals surface area contributed by atoms with Gasteiger partial charge in [-0.3, -0.25) is 9.69 Å². The zero-order chi connectivity index (χ0) is 27.3. The highest BCUT2D eigenvalue weighted by molar-refractivity contribution is 5.85. The lowest BCUT2D eigenvalue weighted by molar-refractivity contribution is -0.160. The summed E-state index contributed by atoms with van der Waals surface area (Å²) in [6.07, 6.45) is 13.3. The summed E-state index contributed by atoms with van der Waals surface area (Å²) in [6, 6.07) is 9.38. The van der Waals surface area contributed by atoms with Crippen molar-refractivity contribution in [1.29, 1.82) is 0 Å². The van der Waals surface area contributed by atoms with Crippen LogP contribution in [0.2, 0.25) is 0 Å². The smallest absolute Gasteiger partial charge is 0.410 e. The summed E-state index contributed by atoms with van der Waals surface area (Å²) in [6.45, 7) is 5.05. The molecule has 0 radical (unpaired) electrons. The lowest BCUT2D eigenvalue weighted by Crippen LogP contribution is -2.44. The lowest BCUT2D eigenvalue weighted by atomic mass is 9.91. The summed E-state index contributed by atoms with van der Waals surface area (Å²) >= 11 is 0. The summed E-state index contributed by atoms with van der Waals surface area (Å²) in [4.78, 5) is 36.1. The first-order chi connectivity index (χ1) is 17.5. The largest absolute Gasteiger partial charge is 0.480 e. The van der Waals surface area contributed by atoms with Crippen LogP contribution in [0.15, 0.2) is 30.3 Å². The van der Waals surface area contributed by atoms with Crippen LogP contribution in [-0.4, -0.2) is 58.8 Å². The Kier molecular flexibility index (Phi) is 12.9. The second-order valence-electron chi connectivity index (χ2n) is 11.1. The Morgan fingerprint density at radius 3 is 1.92 bits per heavy atom. The van der Waals surface area contributed by atoms with E-state index in [0.717, 1.165) is 22.5 Å². The maximum absolute atomic E-state index is 12.0. The number of aliphatic carboxylic acids is 1. The average Bonchev–Trinajstić information content (AvgIpc) is 2.86. The molecular formula is C29H46N2O6. The van der Waals surface area contributed by atoms with Crippen molar-refractivity contribution in [3.8, 4) is 0 Å². The highest BCUT2D eigenvalue weighted by Gasteiger charge is 2.32. The molecule has 2 aliphatic carbocycles. The quantitative estimate of drug-likeness (QED) is 0.427. The molecule has 0 bridgehead atoms. The van der Waals surface area contributed by atoms with Crippen LogP contribution in [-0.2, 0) is 25.7 Å². The lowest BCUT2D eigenvalue weighted by Gasteiger charge is -2.30. The summed E-state index contributed by atoms with van der Waals surface area (Å²) in [5.74, 6) is -2.00. The number of hydrogen-bond acceptors (Lipinski definition) is 6. The van der Waals surface area contributed by atoms with Crippen molar-refractivity contribution < 1.29 is 29.0 Å². The van der Waals surface area contributed by atoms with E-state index < -0.39 is 36.1 Å². The van der Waals surface area contributed by atoms with E-state index in [9.17, 15) is 19.5 Å². The summed E-state index contributed by atoms with van der Waals surface area (Å²) in [5, 5.41) is 13.1. The third-order valence-electron chi connectivity index (χ3n) is 6.71. The van der Waals surface area contributed by atoms with E-state index in [4.69, 9.17) is 9.47 Å². The first-order valence-corrected chi connectivity index (χ1v) is 13.7. The fraction of sp³-hybridized carbons (Fsp3) is 0.690. The van der Waals surface area contributed by atoms with Gasteiger partial charge in [0.05, 0.1) is 6.42 Å². The minimum absolute atomic E-state index is 0.0167. The molecule has 8 nitrogen and oxygen atoms in total. The number of carboxylic acid groups (broad SMARTS) is 1. The Morgan fingerprint density at radius 2 is 1.46 bits per heavy atom. The molecule has 0 heterocycles. The van der Waals surface area contributed by atoms with Crippen LogP contribution >= 0.6 is 0 Å². The number of benzene rings is 1. The van der Waals surface area contributed by atoms with E-state index >= 15 is 0 Å². The minimum atomic E-state index is -1.36. The number of nitrogens with one attached hydrogen (secondary N) is 1. The fourth-order valence-corrected chi connectivity index (χ4v) is 4.75. The molecule has 1 aromatic carbocycles. The van der Waals surface area contributed by atoms with Crippen molar-refractivity contribution in [2.24, 2.45) is 0 Å². The molecule has 2 aliphatic rings. The van der Waals surface area contributed by atoms with Gasteiger partial charge in [-0.25, -0.2) is 9.59 Å². The van der Waals surface area contributed by atoms with E-state index in [0.29, 0.717) is 0 Å². The molecule has 0 unspecified atom stereocenters. The molecule has 0 aliphatic heterocycles. The highest BCUT2D eigenvalue weighted by atomic mass is 16.6. The van der Waals surface area contributed by atoms with Crippen molar-refractivity contribution in [2.45, 2.75) is 122 Å². The number of nitrogens with zero attached hydrogens (tertiary/aromatic N) is 1. The molecule has 208 valence electrons. The first kappa shape index (κ1) is 30.6. The number of carbonyl (C=O) groups excluding carboxylic acids is 2. The molecule has 2 saturated carbocycles. The molecule has 0 aromatic heterocycles. The number of esters is 1. The number of carbonyl (C=O) groups is 3. The van der Waals surface area contributed by atoms with Gasteiger partial charge in [-0.1, -0.05) is 68.9 Å². The molecule has 1 aromatic rings. The normalized spacial score (nSPS) is 17.6. The highest BCUT2D eigenvalue weighted by Crippen LogP contribution is 2.22. The van der Waals surface area contributed by atoms with Crippen LogP contribution in [0.5, 0.6) is 0 Å². The minimum Gasteiger partial charge on any atom is -0.480 e. The van der Waals surface area contributed by atoms with Gasteiger partial charge < -0.3 is 19.9 Å². The standard InChI is InChI=1S/C17H23NO6.C12H23N/c1-17(2,3)24-14(19)10-13(15(20)21)18(4)16(22)23-11-12-8-6-5-7-9-12;1-3-7-11(8-4-1)13-12-9-5-2-6-10-12/h5-9,13H,10-11H2,1-4H3,(H,20,21);11-13H,1-10H2/t13-;/m0./s1. The summed E-state index contributed by atoms with van der Waals surface area (Å²) in [5.41, 5.74) is 0.0465. The topological polar surface area (TPSA) is 105 Å². The maximum atomic E-state index is 12.0. The van der Waals surface area contributed by atoms with Gasteiger partial charge in [0.25, 0.3) is 0 Å². The summed E-state index contributed by atoms with van der Waals surface area (Å²) in [7, 11) is 1.27. The van der Waals surface area contributed by atoms with Crippen LogP contribution in [0.3, 0.4) is 0 Å². The SMILES string of the molecule is C1CCC(NC2CCCCC2)CC1.CN(C(=O)OCc1ccccc1)[C@@H](CC(=O)OC(C)(C)C)C(=O)O. The third-order valence-corrected chi connectivity index (χ3v) is 6.71. The van der Waals surface area contributed by atoms with E-state index in [1.165, 1.54) is 71.3 Å². The predicted molar refractivity (Wildman–Crippen MR) is 143 cm³/mol. The zero-order valence-electron chi connectivity index (χ0n) is 23.0. The van der Waals surface area contributed by atoms with Crippen LogP contribution in [0, 0.1) is 0 Å². The van der Waals surface area contributed by atoms with Crippen LogP contribution in [0.25, 0.3) is 0 Å². The van der Waals surface area contributed by atoms with Gasteiger partial charge in [0.1, 0.15) is 18.2 Å². The number of hydrogen-bond donors (Lipinski definition) is 2. The van der Waals surface area contributed by atoms with Gasteiger partial charge in [-0.05, 0) is 52.0 Å². The molecule has 1 amide bonds. The van der Waals surface area contributed by atoms with E-state index in [1.807, 2.05) is 6.07 Å². The molecule has 3 rings (SSSR count). The monoisotopic (exact) mass is 518 g/mol. The molecule has 8 heteroatoms. The Hall–Kier alpha value is -2.61. The van der Waals surface area contributed by atoms with Gasteiger partial charge in [0, 0.05) is 19.1 Å². The van der Waals surface area contributed by atoms with E-state index in [2.05, 4.69) is 5.32 Å². The Bertz CT molecular complexity index is 811. The number of likely N-dealkylation sites (N-methyl/N-ethyl adjacent to an activating group) is 1. The van der Waals surface area contributed by atoms with Gasteiger partial charge >= 0.3 is 18.0 Å². The van der Waals surface area contributed by atoms with Crippen molar-refractivity contribution in [3.63, 3.8) is 0 Å². The Labute approximate surface area is 222 Å². The Morgan fingerprint density at radius 1 is 0.946 bits per heavy atom. The van der Waals surface area contributed by atoms with Gasteiger partial charge in [-0.15, -0.1) is 0 Å². The van der Waals surface area contributed by atoms with Gasteiger partial charge in [0.15, 0.2) is 0 Å². The van der Waals surface area contributed by atoms with Crippen LogP contribution < -0.4 is 5.32 Å². The van der Waals surface area contributed by atoms with Crippen molar-refractivity contribution in [1.82, 2.24) is 10.2 Å². The number of ether oxygens (including phenoxy) is 2. The third kappa shape index (κ3) is 12.5. The molecule has 0 saturated heterocycles. The number of rotatable bonds is 8. The average molecular weight is 519 g/mol. The summed E-state index contributed by atoms with van der Waals surface area (Å²) < 4.78 is 10.2. The predicted octanol–water partition coefficient (Wildman–Crippen LogP) is 5.68. The molecule has 2 fully saturated rings. The van der Waals surface area contributed by atoms with Crippen molar-refractivity contribution >= 4 is 18.0 Å². The zero-order valence-corrected chi connectivity index (χ0v) is 23.0. The second-order valence-corrected chi connectivity index (χ2v) is 11.1. The number of amides is 1. The van der Waals surface area contributed by atoms with Crippen LogP contribution in [0.4, 0.5) is 4.79 Å². The molecular weight excluding hydrogens is 472 g/mol. The van der Waals surface area contributed by atoms with Gasteiger partial charge in [0.2, 0.25) is 0 Å². The second kappa shape index (κ2) is 15.6. The van der Waals surface area contributed by atoms with E-state index in [-0.39, 0.29) is 6.61 Å². The molecule has 37 heavy (non-hydrogen) atoms. The number of carboxylic acids is 1. The molecule has 2 N–H and O–H groups in total.